The van der Waals surface area contributed by atoms with Crippen molar-refractivity contribution in [2.24, 2.45) is 23.7 Å². The smallest absolute Gasteiger partial charge is 0.462 e. The molecule has 8 atom stereocenters. The Labute approximate surface area is 632 Å². The molecule has 0 saturated heterocycles. The molecule has 5 unspecified atom stereocenters. The highest BCUT2D eigenvalue weighted by Gasteiger charge is 2.30. The predicted molar refractivity (Wildman–Crippen MR) is 423 cm³/mol. The molecule has 3 N–H and O–H groups in total. The van der Waals surface area contributed by atoms with Crippen LogP contribution < -0.4 is 0 Å². The number of hydrogen-bond acceptors (Lipinski definition) is 15. The third-order valence-corrected chi connectivity index (χ3v) is 22.6. The lowest BCUT2D eigenvalue weighted by atomic mass is 9.99. The van der Waals surface area contributed by atoms with Crippen LogP contribution in [0.4, 0.5) is 0 Å². The zero-order valence-corrected chi connectivity index (χ0v) is 69.7. The van der Waals surface area contributed by atoms with Gasteiger partial charge in [-0.05, 0) is 49.4 Å². The third kappa shape index (κ3) is 74.0. The van der Waals surface area contributed by atoms with Gasteiger partial charge in [-0.3, -0.25) is 37.3 Å². The van der Waals surface area contributed by atoms with Gasteiger partial charge in [-0.15, -0.1) is 0 Å². The quantitative estimate of drug-likeness (QED) is 0.0222. The van der Waals surface area contributed by atoms with Crippen molar-refractivity contribution in [1.82, 2.24) is 0 Å². The fraction of sp³-hybridized carbons (Fsp3) is 0.952. The van der Waals surface area contributed by atoms with Crippen molar-refractivity contribution in [2.75, 3.05) is 39.6 Å². The molecule has 0 aliphatic rings. The molecule has 612 valence electrons. The van der Waals surface area contributed by atoms with Crippen LogP contribution in [-0.2, 0) is 65.4 Å². The molecule has 17 nitrogen and oxygen atoms in total. The summed E-state index contributed by atoms with van der Waals surface area (Å²) in [6.45, 7) is 14.3. The topological polar surface area (TPSA) is 237 Å². The predicted octanol–water partition coefficient (Wildman–Crippen LogP) is 25.2. The minimum atomic E-state index is -4.96. The SMILES string of the molecule is CCC(C)CCCCCCCCCCCCCCCCCCCCC(=O)OC[C@H](COP(=O)(O)OC[C@@H](O)COP(=O)(O)OC[C@@H](COC(=O)CCCCCCCCC(C)C)OC(=O)CCCCCCCCCCCCCCCCC(C)CC)OC(=O)CCCCCCCCCCCCC(C)CC. The van der Waals surface area contributed by atoms with Crippen molar-refractivity contribution in [3.63, 3.8) is 0 Å². The minimum absolute atomic E-state index is 0.106. The molecule has 0 saturated carbocycles. The van der Waals surface area contributed by atoms with Gasteiger partial charge in [0.25, 0.3) is 0 Å². The molecule has 0 amide bonds. The normalized spacial score (nSPS) is 14.8. The number of carbonyl (C=O) groups is 4. The number of phosphoric ester groups is 2. The number of aliphatic hydroxyl groups excluding tert-OH is 1. The molecule has 0 radical (unpaired) electrons. The number of phosphoric acid groups is 2. The van der Waals surface area contributed by atoms with Crippen molar-refractivity contribution in [2.45, 2.75) is 453 Å². The van der Waals surface area contributed by atoms with Crippen LogP contribution in [0.3, 0.4) is 0 Å². The summed E-state index contributed by atoms with van der Waals surface area (Å²) in [5, 5.41) is 10.7. The number of unbranched alkanes of at least 4 members (excludes halogenated alkanes) is 44. The molecule has 19 heteroatoms. The van der Waals surface area contributed by atoms with E-state index < -0.39 is 97.5 Å². The monoisotopic (exact) mass is 1510 g/mol. The molecule has 0 bridgehead atoms. The Bertz CT molecular complexity index is 2010. The first-order valence-electron chi connectivity index (χ1n) is 43.3. The van der Waals surface area contributed by atoms with E-state index >= 15 is 0 Å². The van der Waals surface area contributed by atoms with Crippen LogP contribution in [0.25, 0.3) is 0 Å². The van der Waals surface area contributed by atoms with E-state index in [0.717, 1.165) is 114 Å². The third-order valence-electron chi connectivity index (χ3n) is 20.7. The molecule has 103 heavy (non-hydrogen) atoms. The van der Waals surface area contributed by atoms with Gasteiger partial charge in [0.15, 0.2) is 12.2 Å². The number of ether oxygens (including phenoxy) is 4. The summed E-state index contributed by atoms with van der Waals surface area (Å²) < 4.78 is 68.8. The summed E-state index contributed by atoms with van der Waals surface area (Å²) in [6, 6.07) is 0. The van der Waals surface area contributed by atoms with Crippen molar-refractivity contribution in [3.8, 4) is 0 Å². The van der Waals surface area contributed by atoms with Crippen LogP contribution in [0.15, 0.2) is 0 Å². The summed E-state index contributed by atoms with van der Waals surface area (Å²) in [7, 11) is -9.92. The Morgan fingerprint density at radius 1 is 0.272 bits per heavy atom. The van der Waals surface area contributed by atoms with E-state index in [1.54, 1.807) is 0 Å². The lowest BCUT2D eigenvalue weighted by molar-refractivity contribution is -0.161. The molecule has 0 aromatic carbocycles. The van der Waals surface area contributed by atoms with Crippen molar-refractivity contribution in [3.05, 3.63) is 0 Å². The number of hydrogen-bond donors (Lipinski definition) is 3. The van der Waals surface area contributed by atoms with Crippen molar-refractivity contribution in [1.29, 1.82) is 0 Å². The Morgan fingerprint density at radius 3 is 0.689 bits per heavy atom. The van der Waals surface area contributed by atoms with E-state index in [4.69, 9.17) is 37.0 Å². The zero-order valence-electron chi connectivity index (χ0n) is 68.0. The molecular formula is C84H164O17P2. The molecule has 0 aliphatic heterocycles. The minimum Gasteiger partial charge on any atom is -0.462 e. The average Bonchev–Trinajstić information content (AvgIpc) is 0.934. The highest BCUT2D eigenvalue weighted by Crippen LogP contribution is 2.45. The first kappa shape index (κ1) is 101. The molecule has 0 spiro atoms. The highest BCUT2D eigenvalue weighted by molar-refractivity contribution is 7.47. The van der Waals surface area contributed by atoms with Gasteiger partial charge in [-0.25, -0.2) is 9.13 Å². The van der Waals surface area contributed by atoms with Crippen LogP contribution in [0, 0.1) is 23.7 Å². The number of rotatable bonds is 81. The van der Waals surface area contributed by atoms with Gasteiger partial charge in [0, 0.05) is 25.7 Å². The summed E-state index contributed by atoms with van der Waals surface area (Å²) in [6.07, 6.45) is 61.1. The van der Waals surface area contributed by atoms with E-state index in [-0.39, 0.29) is 25.7 Å². The number of esters is 4. The van der Waals surface area contributed by atoms with Gasteiger partial charge < -0.3 is 33.8 Å². The molecule has 0 aromatic heterocycles. The van der Waals surface area contributed by atoms with Gasteiger partial charge in [0.1, 0.15) is 19.3 Å². The van der Waals surface area contributed by atoms with Gasteiger partial charge in [-0.2, -0.15) is 0 Å². The summed E-state index contributed by atoms with van der Waals surface area (Å²) in [4.78, 5) is 73.1. The molecule has 0 aliphatic carbocycles. The summed E-state index contributed by atoms with van der Waals surface area (Å²) in [5.41, 5.74) is 0. The zero-order chi connectivity index (χ0) is 76.0. The summed E-state index contributed by atoms with van der Waals surface area (Å²) >= 11 is 0. The fourth-order valence-corrected chi connectivity index (χ4v) is 14.4. The van der Waals surface area contributed by atoms with Gasteiger partial charge in [0.05, 0.1) is 26.4 Å². The van der Waals surface area contributed by atoms with Crippen LogP contribution in [-0.4, -0.2) is 96.7 Å². The molecule has 0 fully saturated rings. The number of carbonyl (C=O) groups excluding carboxylic acids is 4. The second kappa shape index (κ2) is 72.9. The van der Waals surface area contributed by atoms with Crippen LogP contribution >= 0.6 is 15.6 Å². The lowest BCUT2D eigenvalue weighted by Crippen LogP contribution is -2.30. The molecule has 0 aromatic rings. The first-order valence-corrected chi connectivity index (χ1v) is 46.3. The van der Waals surface area contributed by atoms with E-state index in [1.165, 1.54) is 231 Å². The van der Waals surface area contributed by atoms with E-state index in [0.29, 0.717) is 31.6 Å². The lowest BCUT2D eigenvalue weighted by Gasteiger charge is -2.21. The first-order chi connectivity index (χ1) is 49.7. The Kier molecular flexibility index (Phi) is 71.5. The van der Waals surface area contributed by atoms with E-state index in [9.17, 15) is 43.2 Å². The van der Waals surface area contributed by atoms with Crippen molar-refractivity contribution < 1.29 is 80.2 Å². The summed E-state index contributed by atoms with van der Waals surface area (Å²) in [5.74, 6) is 1.09. The maximum Gasteiger partial charge on any atom is 0.472 e. The maximum atomic E-state index is 13.1. The number of aliphatic hydroxyl groups is 1. The second-order valence-corrected chi connectivity index (χ2v) is 34.3. The highest BCUT2D eigenvalue weighted by atomic mass is 31.2. The average molecular weight is 1510 g/mol. The maximum absolute atomic E-state index is 13.1. The molecular weight excluding hydrogens is 1340 g/mol. The van der Waals surface area contributed by atoms with Crippen LogP contribution in [0.1, 0.15) is 434 Å². The Balaban J connectivity index is 5.18. The Hall–Kier alpha value is -1.94. The van der Waals surface area contributed by atoms with E-state index in [2.05, 4.69) is 55.4 Å². The largest absolute Gasteiger partial charge is 0.472 e. The second-order valence-electron chi connectivity index (χ2n) is 31.4. The van der Waals surface area contributed by atoms with Crippen LogP contribution in [0.2, 0.25) is 0 Å². The van der Waals surface area contributed by atoms with E-state index in [1.807, 2.05) is 0 Å². The molecule has 0 heterocycles. The van der Waals surface area contributed by atoms with Gasteiger partial charge in [0.2, 0.25) is 0 Å². The van der Waals surface area contributed by atoms with Crippen LogP contribution in [0.5, 0.6) is 0 Å². The standard InChI is InChI=1S/C84H164O17P2/c1-9-75(6)61-53-45-36-30-24-20-16-14-12-13-15-17-22-26-33-39-48-56-64-81(86)94-70-79(100-84(89)67-59-51-41-35-29-28-32-38-47-55-63-77(8)11-3)72-98-102(90,91)96-68-78(85)69-97-103(92,93)99-73-80(71-95-82(87)65-57-49-43-42-44-52-60-74(4)5)101-83(88)66-58-50-40-34-27-23-19-18-21-25-31-37-46-54-62-76(7)10-2/h74-80,85H,9-73H2,1-8H3,(H,90,91)(H,92,93)/t75?,76?,77?,78-,79-,80-/m1/s1. The Morgan fingerprint density at radius 2 is 0.466 bits per heavy atom. The fourth-order valence-electron chi connectivity index (χ4n) is 12.9. The molecule has 0 rings (SSSR count). The van der Waals surface area contributed by atoms with Crippen molar-refractivity contribution >= 4 is 39.5 Å². The van der Waals surface area contributed by atoms with Gasteiger partial charge in [-0.1, -0.05) is 383 Å². The van der Waals surface area contributed by atoms with Gasteiger partial charge >= 0.3 is 39.5 Å².